The maximum Gasteiger partial charge on any atom is 0.224 e. The minimum absolute atomic E-state index is 0. The summed E-state index contributed by atoms with van der Waals surface area (Å²) in [6.07, 6.45) is 4.11. The van der Waals surface area contributed by atoms with Crippen LogP contribution in [0.4, 0.5) is 5.82 Å². The molecule has 1 N–H and O–H groups in total. The first-order chi connectivity index (χ1) is 7.27. The molecule has 2 heterocycles. The van der Waals surface area contributed by atoms with Gasteiger partial charge in [0.2, 0.25) is 5.28 Å². The molecule has 90 valence electrons. The highest BCUT2D eigenvalue weighted by atomic mass is 35.5. The van der Waals surface area contributed by atoms with Crippen LogP contribution in [0.25, 0.3) is 0 Å². The van der Waals surface area contributed by atoms with Crippen LogP contribution in [0.5, 0.6) is 0 Å². The number of aromatic nitrogens is 2. The van der Waals surface area contributed by atoms with Crippen molar-refractivity contribution in [2.75, 3.05) is 25.0 Å². The first kappa shape index (κ1) is 13.5. The highest BCUT2D eigenvalue weighted by molar-refractivity contribution is 6.28. The van der Waals surface area contributed by atoms with E-state index in [4.69, 9.17) is 11.6 Å². The summed E-state index contributed by atoms with van der Waals surface area (Å²) in [7, 11) is 2.05. The molecule has 6 heteroatoms. The standard InChI is InChI=1S/C10H15ClN4.ClH/c1-15(8-3-2-5-12-7-8)9-4-6-13-10(11)14-9;/h4,6,8,12H,2-3,5,7H2,1H3;1H/t8-;/m1./s1. The Balaban J connectivity index is 0.00000128. The third-order valence-electron chi connectivity index (χ3n) is 2.79. The number of anilines is 1. The van der Waals surface area contributed by atoms with Gasteiger partial charge in [-0.25, -0.2) is 9.97 Å². The summed E-state index contributed by atoms with van der Waals surface area (Å²) in [4.78, 5) is 10.2. The van der Waals surface area contributed by atoms with Gasteiger partial charge in [0, 0.05) is 25.8 Å². The molecule has 1 fully saturated rings. The van der Waals surface area contributed by atoms with Crippen LogP contribution in [-0.4, -0.2) is 36.1 Å². The van der Waals surface area contributed by atoms with Crippen molar-refractivity contribution >= 4 is 29.8 Å². The summed E-state index contributed by atoms with van der Waals surface area (Å²) in [6.45, 7) is 2.13. The van der Waals surface area contributed by atoms with E-state index in [9.17, 15) is 0 Å². The van der Waals surface area contributed by atoms with Gasteiger partial charge in [0.05, 0.1) is 0 Å². The predicted molar refractivity (Wildman–Crippen MR) is 68.6 cm³/mol. The predicted octanol–water partition coefficient (Wildman–Crippen LogP) is 1.74. The van der Waals surface area contributed by atoms with Gasteiger partial charge in [0.1, 0.15) is 5.82 Å². The molecule has 0 aliphatic carbocycles. The summed E-state index contributed by atoms with van der Waals surface area (Å²) < 4.78 is 0. The number of nitrogens with zero attached hydrogens (tertiary/aromatic N) is 3. The summed E-state index contributed by atoms with van der Waals surface area (Å²) in [5, 5.41) is 3.69. The van der Waals surface area contributed by atoms with Crippen LogP contribution in [0.15, 0.2) is 12.3 Å². The fraction of sp³-hybridized carbons (Fsp3) is 0.600. The van der Waals surface area contributed by atoms with E-state index in [1.54, 1.807) is 6.20 Å². The number of halogens is 2. The lowest BCUT2D eigenvalue weighted by atomic mass is 10.1. The molecule has 4 nitrogen and oxygen atoms in total. The molecule has 0 saturated carbocycles. The first-order valence-corrected chi connectivity index (χ1v) is 5.57. The van der Waals surface area contributed by atoms with Gasteiger partial charge in [-0.1, -0.05) is 0 Å². The Bertz CT molecular complexity index is 328. The Labute approximate surface area is 107 Å². The van der Waals surface area contributed by atoms with E-state index in [1.807, 2.05) is 6.07 Å². The van der Waals surface area contributed by atoms with E-state index in [-0.39, 0.29) is 12.4 Å². The summed E-state index contributed by atoms with van der Waals surface area (Å²) in [5.74, 6) is 0.892. The van der Waals surface area contributed by atoms with Crippen molar-refractivity contribution < 1.29 is 0 Å². The quantitative estimate of drug-likeness (QED) is 0.825. The van der Waals surface area contributed by atoms with Crippen LogP contribution in [0, 0.1) is 0 Å². The van der Waals surface area contributed by atoms with Gasteiger partial charge >= 0.3 is 0 Å². The Morgan fingerprint density at radius 3 is 3.00 bits per heavy atom. The molecule has 0 amide bonds. The molecule has 0 bridgehead atoms. The molecule has 16 heavy (non-hydrogen) atoms. The average Bonchev–Trinajstić information content (AvgIpc) is 2.29. The molecule has 0 unspecified atom stereocenters. The molecule has 1 aromatic heterocycles. The lowest BCUT2D eigenvalue weighted by Crippen LogP contribution is -2.44. The van der Waals surface area contributed by atoms with Gasteiger partial charge in [-0.15, -0.1) is 12.4 Å². The van der Waals surface area contributed by atoms with E-state index < -0.39 is 0 Å². The number of piperidine rings is 1. The van der Waals surface area contributed by atoms with Gasteiger partial charge in [-0.05, 0) is 37.1 Å². The smallest absolute Gasteiger partial charge is 0.224 e. The lowest BCUT2D eigenvalue weighted by Gasteiger charge is -2.32. The van der Waals surface area contributed by atoms with E-state index in [0.717, 1.165) is 18.9 Å². The summed E-state index contributed by atoms with van der Waals surface area (Å²) in [6, 6.07) is 2.39. The van der Waals surface area contributed by atoms with Crippen molar-refractivity contribution in [3.05, 3.63) is 17.5 Å². The van der Waals surface area contributed by atoms with Crippen LogP contribution in [0.1, 0.15) is 12.8 Å². The van der Waals surface area contributed by atoms with Gasteiger partial charge in [0.15, 0.2) is 0 Å². The van der Waals surface area contributed by atoms with Gasteiger partial charge in [-0.2, -0.15) is 0 Å². The normalized spacial score (nSPS) is 20.0. The number of hydrogen-bond acceptors (Lipinski definition) is 4. The van der Waals surface area contributed by atoms with Crippen molar-refractivity contribution in [2.24, 2.45) is 0 Å². The van der Waals surface area contributed by atoms with Gasteiger partial charge < -0.3 is 10.2 Å². The van der Waals surface area contributed by atoms with E-state index in [1.165, 1.54) is 12.8 Å². The van der Waals surface area contributed by atoms with E-state index >= 15 is 0 Å². The van der Waals surface area contributed by atoms with Crippen LogP contribution in [0.2, 0.25) is 5.28 Å². The Morgan fingerprint density at radius 1 is 1.56 bits per heavy atom. The Kier molecular flexibility index (Phi) is 5.25. The molecule has 0 radical (unpaired) electrons. The average molecular weight is 263 g/mol. The summed E-state index contributed by atoms with van der Waals surface area (Å²) in [5.41, 5.74) is 0. The van der Waals surface area contributed by atoms with Crippen molar-refractivity contribution in [3.8, 4) is 0 Å². The van der Waals surface area contributed by atoms with Crippen LogP contribution in [-0.2, 0) is 0 Å². The summed E-state index contributed by atoms with van der Waals surface area (Å²) >= 11 is 5.76. The van der Waals surface area contributed by atoms with Gasteiger partial charge in [0.25, 0.3) is 0 Å². The largest absolute Gasteiger partial charge is 0.355 e. The van der Waals surface area contributed by atoms with Crippen molar-refractivity contribution in [1.29, 1.82) is 0 Å². The van der Waals surface area contributed by atoms with Crippen molar-refractivity contribution in [1.82, 2.24) is 15.3 Å². The maximum absolute atomic E-state index is 5.76. The molecule has 1 saturated heterocycles. The molecule has 0 aromatic carbocycles. The molecule has 1 aliphatic rings. The van der Waals surface area contributed by atoms with Crippen LogP contribution >= 0.6 is 24.0 Å². The lowest BCUT2D eigenvalue weighted by molar-refractivity contribution is 0.443. The zero-order chi connectivity index (χ0) is 10.7. The number of nitrogens with one attached hydrogen (secondary N) is 1. The zero-order valence-corrected chi connectivity index (χ0v) is 10.8. The highest BCUT2D eigenvalue weighted by Crippen LogP contribution is 2.17. The van der Waals surface area contributed by atoms with E-state index in [0.29, 0.717) is 11.3 Å². The first-order valence-electron chi connectivity index (χ1n) is 5.19. The molecule has 1 atom stereocenters. The minimum Gasteiger partial charge on any atom is -0.355 e. The highest BCUT2D eigenvalue weighted by Gasteiger charge is 2.18. The van der Waals surface area contributed by atoms with Crippen molar-refractivity contribution in [2.45, 2.75) is 18.9 Å². The second-order valence-electron chi connectivity index (χ2n) is 3.79. The zero-order valence-electron chi connectivity index (χ0n) is 9.19. The molecule has 1 aromatic rings. The second kappa shape index (κ2) is 6.23. The Morgan fingerprint density at radius 2 is 2.38 bits per heavy atom. The third-order valence-corrected chi connectivity index (χ3v) is 2.97. The number of rotatable bonds is 2. The topological polar surface area (TPSA) is 41.1 Å². The number of hydrogen-bond donors (Lipinski definition) is 1. The van der Waals surface area contributed by atoms with Crippen LogP contribution < -0.4 is 10.2 Å². The van der Waals surface area contributed by atoms with Crippen molar-refractivity contribution in [3.63, 3.8) is 0 Å². The molecule has 2 rings (SSSR count). The molecular weight excluding hydrogens is 247 g/mol. The fourth-order valence-corrected chi connectivity index (χ4v) is 2.02. The maximum atomic E-state index is 5.76. The minimum atomic E-state index is 0. The molecule has 1 aliphatic heterocycles. The SMILES string of the molecule is CN(c1ccnc(Cl)n1)[C@@H]1CCCNC1.Cl. The third kappa shape index (κ3) is 3.20. The van der Waals surface area contributed by atoms with Gasteiger partial charge in [-0.3, -0.25) is 0 Å². The van der Waals surface area contributed by atoms with E-state index in [2.05, 4.69) is 27.2 Å². The Hall–Kier alpha value is -0.580. The molecular formula is C10H16Cl2N4. The fourth-order valence-electron chi connectivity index (χ4n) is 1.87. The monoisotopic (exact) mass is 262 g/mol. The second-order valence-corrected chi connectivity index (χ2v) is 4.13. The number of likely N-dealkylation sites (N-methyl/N-ethyl adjacent to an activating group) is 1. The van der Waals surface area contributed by atoms with Crippen LogP contribution in [0.3, 0.4) is 0 Å². The molecule has 0 spiro atoms.